The van der Waals surface area contributed by atoms with Crippen LogP contribution in [0, 0.1) is 0 Å². The maximum absolute atomic E-state index is 11.9. The first-order valence-corrected chi connectivity index (χ1v) is 12.1. The predicted molar refractivity (Wildman–Crippen MR) is 130 cm³/mol. The molecule has 0 aromatic rings. The van der Waals surface area contributed by atoms with Crippen molar-refractivity contribution in [3.05, 3.63) is 0 Å². The Hall–Kier alpha value is -2.69. The third-order valence-corrected chi connectivity index (χ3v) is 5.48. The molecule has 0 aromatic heterocycles. The van der Waals surface area contributed by atoms with E-state index >= 15 is 0 Å². The standard InChI is InChI=1S/C22H40N6O9/c1-23-6-7-24-19(30)5-9-37-8-3-2-4-18(13-29)28-16-26(11-21(33)34)14-25(10-20(31)32)15-27(17-28)12-22(35)36/h13,18,23H,2-12,14-17H2,1H3,(H,24,30)(H,31,32)(H,33,34)(H,35,36). The van der Waals surface area contributed by atoms with Crippen molar-refractivity contribution in [1.82, 2.24) is 30.2 Å². The second kappa shape index (κ2) is 18.5. The number of aldehydes is 1. The van der Waals surface area contributed by atoms with E-state index in [0.29, 0.717) is 39.0 Å². The third kappa shape index (κ3) is 15.2. The van der Waals surface area contributed by atoms with Gasteiger partial charge < -0.3 is 35.5 Å². The quantitative estimate of drug-likeness (QED) is 0.0886. The number of hydrogen-bond acceptors (Lipinski definition) is 11. The molecule has 1 aliphatic heterocycles. The van der Waals surface area contributed by atoms with Crippen molar-refractivity contribution in [2.75, 3.05) is 79.7 Å². The molecule has 1 rings (SSSR count). The summed E-state index contributed by atoms with van der Waals surface area (Å²) in [5.41, 5.74) is 0. The van der Waals surface area contributed by atoms with Crippen molar-refractivity contribution < 1.29 is 44.0 Å². The summed E-state index contributed by atoms with van der Waals surface area (Å²) in [6, 6.07) is -0.600. The van der Waals surface area contributed by atoms with Crippen molar-refractivity contribution in [3.63, 3.8) is 0 Å². The van der Waals surface area contributed by atoms with Gasteiger partial charge in [0.25, 0.3) is 0 Å². The van der Waals surface area contributed by atoms with Gasteiger partial charge >= 0.3 is 17.9 Å². The number of nitrogens with zero attached hydrogens (tertiary/aromatic N) is 4. The third-order valence-electron chi connectivity index (χ3n) is 5.48. The molecule has 0 bridgehead atoms. The Morgan fingerprint density at radius 3 is 1.86 bits per heavy atom. The second-order valence-corrected chi connectivity index (χ2v) is 8.84. The largest absolute Gasteiger partial charge is 0.480 e. The first kappa shape index (κ1) is 32.3. The van der Waals surface area contributed by atoms with E-state index in [1.54, 1.807) is 11.9 Å². The average molecular weight is 533 g/mol. The van der Waals surface area contributed by atoms with Crippen LogP contribution in [0.3, 0.4) is 0 Å². The number of aliphatic carboxylic acids is 3. The Morgan fingerprint density at radius 2 is 1.38 bits per heavy atom. The predicted octanol–water partition coefficient (Wildman–Crippen LogP) is -2.23. The second-order valence-electron chi connectivity index (χ2n) is 8.84. The first-order chi connectivity index (χ1) is 17.6. The van der Waals surface area contributed by atoms with Crippen LogP contribution in [0.4, 0.5) is 0 Å². The van der Waals surface area contributed by atoms with Gasteiger partial charge in [0.05, 0.1) is 59.0 Å². The zero-order valence-corrected chi connectivity index (χ0v) is 21.3. The minimum Gasteiger partial charge on any atom is -0.480 e. The highest BCUT2D eigenvalue weighted by atomic mass is 16.5. The molecule has 1 atom stereocenters. The lowest BCUT2D eigenvalue weighted by Crippen LogP contribution is -2.59. The molecule has 0 saturated carbocycles. The van der Waals surface area contributed by atoms with E-state index in [1.807, 2.05) is 0 Å². The number of carboxylic acid groups (broad SMARTS) is 3. The van der Waals surface area contributed by atoms with Crippen molar-refractivity contribution >= 4 is 30.1 Å². The molecule has 37 heavy (non-hydrogen) atoms. The highest BCUT2D eigenvalue weighted by Crippen LogP contribution is 2.14. The number of nitrogens with one attached hydrogen (secondary N) is 2. The molecule has 0 aromatic carbocycles. The fraction of sp³-hybridized carbons (Fsp3) is 0.773. The number of carboxylic acids is 3. The number of amides is 1. The molecule has 0 spiro atoms. The van der Waals surface area contributed by atoms with E-state index in [4.69, 9.17) is 4.74 Å². The number of likely N-dealkylation sites (N-methyl/N-ethyl adjacent to an activating group) is 1. The number of ether oxygens (including phenoxy) is 1. The smallest absolute Gasteiger partial charge is 0.317 e. The molecule has 0 aliphatic carbocycles. The zero-order valence-electron chi connectivity index (χ0n) is 21.3. The van der Waals surface area contributed by atoms with Crippen molar-refractivity contribution in [2.24, 2.45) is 0 Å². The number of carbonyl (C=O) groups is 5. The van der Waals surface area contributed by atoms with Crippen LogP contribution in [0.5, 0.6) is 0 Å². The molecule has 1 unspecified atom stereocenters. The Kier molecular flexibility index (Phi) is 16.2. The molecule has 15 heteroatoms. The van der Waals surface area contributed by atoms with Gasteiger partial charge in [0.1, 0.15) is 6.29 Å². The van der Waals surface area contributed by atoms with Gasteiger partial charge in [-0.3, -0.25) is 38.8 Å². The molecular weight excluding hydrogens is 492 g/mol. The molecular formula is C22H40N6O9. The van der Waals surface area contributed by atoms with E-state index in [-0.39, 0.29) is 65.2 Å². The summed E-state index contributed by atoms with van der Waals surface area (Å²) < 4.78 is 5.49. The van der Waals surface area contributed by atoms with Crippen LogP contribution >= 0.6 is 0 Å². The highest BCUT2D eigenvalue weighted by molar-refractivity contribution is 5.75. The van der Waals surface area contributed by atoms with E-state index in [9.17, 15) is 39.3 Å². The Labute approximate surface area is 216 Å². The maximum atomic E-state index is 11.9. The lowest BCUT2D eigenvalue weighted by Gasteiger charge is -2.42. The average Bonchev–Trinajstić information content (AvgIpc) is 2.78. The van der Waals surface area contributed by atoms with Crippen molar-refractivity contribution in [2.45, 2.75) is 31.7 Å². The fourth-order valence-corrected chi connectivity index (χ4v) is 3.92. The van der Waals surface area contributed by atoms with Gasteiger partial charge in [-0.25, -0.2) is 0 Å². The molecule has 212 valence electrons. The lowest BCUT2D eigenvalue weighted by molar-refractivity contribution is -0.146. The Bertz CT molecular complexity index is 713. The van der Waals surface area contributed by atoms with Crippen LogP contribution in [0.2, 0.25) is 0 Å². The van der Waals surface area contributed by atoms with E-state index in [2.05, 4.69) is 10.6 Å². The molecule has 1 saturated heterocycles. The van der Waals surface area contributed by atoms with Crippen LogP contribution in [0.15, 0.2) is 0 Å². The normalized spacial score (nSPS) is 17.0. The van der Waals surface area contributed by atoms with Gasteiger partial charge in [0.15, 0.2) is 0 Å². The van der Waals surface area contributed by atoms with Crippen molar-refractivity contribution in [3.8, 4) is 0 Å². The van der Waals surface area contributed by atoms with Gasteiger partial charge in [-0.05, 0) is 26.3 Å². The van der Waals surface area contributed by atoms with E-state index < -0.39 is 23.9 Å². The van der Waals surface area contributed by atoms with Gasteiger partial charge in [-0.15, -0.1) is 0 Å². The summed E-state index contributed by atoms with van der Waals surface area (Å²) in [5, 5.41) is 33.5. The summed E-state index contributed by atoms with van der Waals surface area (Å²) in [5.74, 6) is -3.42. The van der Waals surface area contributed by atoms with Gasteiger partial charge in [0, 0.05) is 26.1 Å². The summed E-state index contributed by atoms with van der Waals surface area (Å²) in [6.45, 7) is 0.852. The van der Waals surface area contributed by atoms with Crippen LogP contribution in [-0.4, -0.2) is 151 Å². The SMILES string of the molecule is CNCCNC(=O)CCOCCCCC(C=O)N1CN(CC(=O)O)CN(CC(=O)O)CN(CC(=O)O)C1. The lowest BCUT2D eigenvalue weighted by atomic mass is 10.1. The number of rotatable bonds is 19. The number of carbonyl (C=O) groups excluding carboxylic acids is 2. The topological polar surface area (TPSA) is 192 Å². The fourth-order valence-electron chi connectivity index (χ4n) is 3.92. The first-order valence-electron chi connectivity index (χ1n) is 12.1. The van der Waals surface area contributed by atoms with Gasteiger partial charge in [-0.1, -0.05) is 0 Å². The van der Waals surface area contributed by atoms with E-state index in [0.717, 1.165) is 6.29 Å². The van der Waals surface area contributed by atoms with Crippen LogP contribution in [-0.2, 0) is 28.7 Å². The van der Waals surface area contributed by atoms with E-state index in [1.165, 1.54) is 14.7 Å². The molecule has 1 fully saturated rings. The molecule has 5 N–H and O–H groups in total. The molecule has 15 nitrogen and oxygen atoms in total. The molecule has 1 amide bonds. The maximum Gasteiger partial charge on any atom is 0.317 e. The summed E-state index contributed by atoms with van der Waals surface area (Å²) >= 11 is 0. The van der Waals surface area contributed by atoms with Gasteiger partial charge in [-0.2, -0.15) is 0 Å². The van der Waals surface area contributed by atoms with Crippen LogP contribution in [0.1, 0.15) is 25.7 Å². The van der Waals surface area contributed by atoms with Gasteiger partial charge in [0.2, 0.25) is 5.91 Å². The minimum absolute atomic E-state index is 0.0207. The zero-order chi connectivity index (χ0) is 27.6. The minimum atomic E-state index is -1.12. The monoisotopic (exact) mass is 532 g/mol. The van der Waals surface area contributed by atoms with Crippen LogP contribution < -0.4 is 10.6 Å². The highest BCUT2D eigenvalue weighted by Gasteiger charge is 2.29. The summed E-state index contributed by atoms with van der Waals surface area (Å²) in [6.07, 6.45) is 2.72. The molecule has 0 radical (unpaired) electrons. The Morgan fingerprint density at radius 1 is 0.838 bits per heavy atom. The summed E-state index contributed by atoms with van der Waals surface area (Å²) in [4.78, 5) is 63.7. The number of unbranched alkanes of at least 4 members (excludes halogenated alkanes) is 1. The summed E-state index contributed by atoms with van der Waals surface area (Å²) in [7, 11) is 1.80. The molecule has 1 heterocycles. The van der Waals surface area contributed by atoms with Crippen molar-refractivity contribution in [1.29, 1.82) is 0 Å². The molecule has 1 aliphatic rings. The van der Waals surface area contributed by atoms with Crippen LogP contribution in [0.25, 0.3) is 0 Å². The number of hydrogen-bond donors (Lipinski definition) is 5. The Balaban J connectivity index is 2.65.